The van der Waals surface area contributed by atoms with Crippen molar-refractivity contribution in [1.82, 2.24) is 0 Å². The first kappa shape index (κ1) is 14.0. The minimum atomic E-state index is -0.286. The smallest absolute Gasteiger partial charge is 0.125 e. The molecule has 0 radical (unpaired) electrons. The molecule has 0 saturated heterocycles. The Balaban J connectivity index is 2.26. The van der Waals surface area contributed by atoms with E-state index in [2.05, 4.69) is 21.2 Å². The van der Waals surface area contributed by atoms with E-state index in [9.17, 15) is 9.50 Å². The highest BCUT2D eigenvalue weighted by atomic mass is 79.9. The first-order valence-electron chi connectivity index (χ1n) is 5.99. The average molecular weight is 324 g/mol. The van der Waals surface area contributed by atoms with Gasteiger partial charge in [-0.1, -0.05) is 34.1 Å². The predicted octanol–water partition coefficient (Wildman–Crippen LogP) is 4.04. The Morgan fingerprint density at radius 3 is 2.63 bits per heavy atom. The molecular formula is C15H15BrFNO. The maximum atomic E-state index is 13.4. The second-order valence-electron chi connectivity index (χ2n) is 4.42. The number of aliphatic hydroxyl groups is 1. The first-order valence-corrected chi connectivity index (χ1v) is 6.78. The normalized spacial score (nSPS) is 12.2. The van der Waals surface area contributed by atoms with Gasteiger partial charge in [-0.3, -0.25) is 0 Å². The van der Waals surface area contributed by atoms with Gasteiger partial charge >= 0.3 is 0 Å². The first-order chi connectivity index (χ1) is 9.10. The highest BCUT2D eigenvalue weighted by Crippen LogP contribution is 2.26. The van der Waals surface area contributed by atoms with Crippen molar-refractivity contribution < 1.29 is 9.50 Å². The quantitative estimate of drug-likeness (QED) is 0.889. The highest BCUT2D eigenvalue weighted by Gasteiger charge is 2.13. The van der Waals surface area contributed by atoms with E-state index in [1.54, 1.807) is 0 Å². The van der Waals surface area contributed by atoms with E-state index in [1.807, 2.05) is 37.3 Å². The van der Waals surface area contributed by atoms with Gasteiger partial charge in [0.25, 0.3) is 0 Å². The van der Waals surface area contributed by atoms with E-state index in [4.69, 9.17) is 0 Å². The van der Waals surface area contributed by atoms with Crippen LogP contribution in [0.4, 0.5) is 10.1 Å². The van der Waals surface area contributed by atoms with E-state index in [-0.39, 0.29) is 18.5 Å². The van der Waals surface area contributed by atoms with Crippen LogP contribution in [0.2, 0.25) is 0 Å². The van der Waals surface area contributed by atoms with Gasteiger partial charge in [-0.2, -0.15) is 0 Å². The van der Waals surface area contributed by atoms with Crippen molar-refractivity contribution in [3.63, 3.8) is 0 Å². The number of hydrogen-bond donors (Lipinski definition) is 2. The number of halogens is 2. The second-order valence-corrected chi connectivity index (χ2v) is 5.27. The summed E-state index contributed by atoms with van der Waals surface area (Å²) in [6, 6.07) is 12.1. The van der Waals surface area contributed by atoms with Crippen molar-refractivity contribution >= 4 is 21.6 Å². The highest BCUT2D eigenvalue weighted by molar-refractivity contribution is 9.10. The Kier molecular flexibility index (Phi) is 4.56. The van der Waals surface area contributed by atoms with Gasteiger partial charge in [0.05, 0.1) is 12.6 Å². The minimum Gasteiger partial charge on any atom is -0.394 e. The Bertz CT molecular complexity index is 554. The molecule has 0 aliphatic rings. The fourth-order valence-electron chi connectivity index (χ4n) is 2.00. The standard InChI is InChI=1S/C15H15BrFNO/c1-10-6-11(17)8-12(7-10)18-15(9-19)13-4-2-3-5-14(13)16/h2-8,15,18-19H,9H2,1H3. The summed E-state index contributed by atoms with van der Waals surface area (Å²) in [4.78, 5) is 0. The van der Waals surface area contributed by atoms with Crippen LogP contribution in [-0.2, 0) is 0 Å². The van der Waals surface area contributed by atoms with Crippen LogP contribution in [0.15, 0.2) is 46.9 Å². The van der Waals surface area contributed by atoms with Crippen molar-refractivity contribution in [2.45, 2.75) is 13.0 Å². The lowest BCUT2D eigenvalue weighted by Crippen LogP contribution is -2.15. The zero-order chi connectivity index (χ0) is 13.8. The van der Waals surface area contributed by atoms with Crippen molar-refractivity contribution in [1.29, 1.82) is 0 Å². The summed E-state index contributed by atoms with van der Waals surface area (Å²) in [5.41, 5.74) is 2.44. The molecule has 1 unspecified atom stereocenters. The van der Waals surface area contributed by atoms with Crippen LogP contribution < -0.4 is 5.32 Å². The van der Waals surface area contributed by atoms with Crippen molar-refractivity contribution in [2.75, 3.05) is 11.9 Å². The van der Waals surface area contributed by atoms with Crippen molar-refractivity contribution in [3.8, 4) is 0 Å². The van der Waals surface area contributed by atoms with Gasteiger partial charge in [-0.05, 0) is 42.3 Å². The van der Waals surface area contributed by atoms with Crippen molar-refractivity contribution in [2.24, 2.45) is 0 Å². The summed E-state index contributed by atoms with van der Waals surface area (Å²) < 4.78 is 14.3. The molecule has 19 heavy (non-hydrogen) atoms. The van der Waals surface area contributed by atoms with Gasteiger partial charge in [0.15, 0.2) is 0 Å². The molecule has 2 aromatic rings. The number of anilines is 1. The molecule has 0 aromatic heterocycles. The molecule has 0 heterocycles. The summed E-state index contributed by atoms with van der Waals surface area (Å²) in [7, 11) is 0. The van der Waals surface area contributed by atoms with Crippen LogP contribution in [-0.4, -0.2) is 11.7 Å². The lowest BCUT2D eigenvalue weighted by molar-refractivity contribution is 0.276. The molecule has 0 amide bonds. The number of aliphatic hydroxyl groups excluding tert-OH is 1. The SMILES string of the molecule is Cc1cc(F)cc(NC(CO)c2ccccc2Br)c1. The Hall–Kier alpha value is -1.39. The molecule has 0 saturated carbocycles. The maximum Gasteiger partial charge on any atom is 0.125 e. The largest absolute Gasteiger partial charge is 0.394 e. The monoisotopic (exact) mass is 323 g/mol. The van der Waals surface area contributed by atoms with E-state index >= 15 is 0 Å². The van der Waals surface area contributed by atoms with Crippen LogP contribution >= 0.6 is 15.9 Å². The average Bonchev–Trinajstić information content (AvgIpc) is 2.36. The summed E-state index contributed by atoms with van der Waals surface area (Å²) in [5.74, 6) is -0.286. The van der Waals surface area contributed by atoms with E-state index in [0.29, 0.717) is 5.69 Å². The number of aryl methyl sites for hydroxylation is 1. The molecule has 4 heteroatoms. The number of hydrogen-bond acceptors (Lipinski definition) is 2. The molecule has 2 nitrogen and oxygen atoms in total. The zero-order valence-electron chi connectivity index (χ0n) is 10.5. The molecule has 2 rings (SSSR count). The van der Waals surface area contributed by atoms with Crippen LogP contribution in [0.5, 0.6) is 0 Å². The molecule has 0 spiro atoms. The third kappa shape index (κ3) is 3.55. The van der Waals surface area contributed by atoms with Crippen LogP contribution in [0, 0.1) is 12.7 Å². The summed E-state index contributed by atoms with van der Waals surface area (Å²) in [5, 5.41) is 12.7. The maximum absolute atomic E-state index is 13.4. The third-order valence-electron chi connectivity index (χ3n) is 2.85. The molecule has 0 fully saturated rings. The zero-order valence-corrected chi connectivity index (χ0v) is 12.1. The van der Waals surface area contributed by atoms with Gasteiger partial charge in [-0.15, -0.1) is 0 Å². The van der Waals surface area contributed by atoms with E-state index in [0.717, 1.165) is 15.6 Å². The van der Waals surface area contributed by atoms with Crippen LogP contribution in [0.1, 0.15) is 17.2 Å². The van der Waals surface area contributed by atoms with Gasteiger partial charge in [0.2, 0.25) is 0 Å². The van der Waals surface area contributed by atoms with Gasteiger partial charge in [0.1, 0.15) is 5.82 Å². The van der Waals surface area contributed by atoms with Crippen LogP contribution in [0.3, 0.4) is 0 Å². The fourth-order valence-corrected chi connectivity index (χ4v) is 2.56. The Labute approximate surface area is 120 Å². The number of benzene rings is 2. The van der Waals surface area contributed by atoms with Crippen LogP contribution in [0.25, 0.3) is 0 Å². The molecule has 100 valence electrons. The summed E-state index contributed by atoms with van der Waals surface area (Å²) >= 11 is 3.45. The molecular weight excluding hydrogens is 309 g/mol. The third-order valence-corrected chi connectivity index (χ3v) is 3.57. The predicted molar refractivity (Wildman–Crippen MR) is 78.7 cm³/mol. The molecule has 0 bridgehead atoms. The Morgan fingerprint density at radius 2 is 2.00 bits per heavy atom. The summed E-state index contributed by atoms with van der Waals surface area (Å²) in [6.45, 7) is 1.76. The number of nitrogens with one attached hydrogen (secondary N) is 1. The van der Waals surface area contributed by atoms with Gasteiger partial charge in [-0.25, -0.2) is 4.39 Å². The summed E-state index contributed by atoms with van der Waals surface area (Å²) in [6.07, 6.45) is 0. The fraction of sp³-hybridized carbons (Fsp3) is 0.200. The second kappa shape index (κ2) is 6.17. The van der Waals surface area contributed by atoms with Gasteiger partial charge < -0.3 is 10.4 Å². The van der Waals surface area contributed by atoms with E-state index in [1.165, 1.54) is 12.1 Å². The van der Waals surface area contributed by atoms with Crippen molar-refractivity contribution in [3.05, 3.63) is 63.9 Å². The molecule has 0 aliphatic carbocycles. The van der Waals surface area contributed by atoms with E-state index < -0.39 is 0 Å². The molecule has 2 aromatic carbocycles. The molecule has 1 atom stereocenters. The van der Waals surface area contributed by atoms with Gasteiger partial charge in [0, 0.05) is 10.2 Å². The number of rotatable bonds is 4. The lowest BCUT2D eigenvalue weighted by atomic mass is 10.1. The molecule has 2 N–H and O–H groups in total. The minimum absolute atomic E-state index is 0.0713. The topological polar surface area (TPSA) is 32.3 Å². The Morgan fingerprint density at radius 1 is 1.26 bits per heavy atom. The lowest BCUT2D eigenvalue weighted by Gasteiger charge is -2.19. The molecule has 0 aliphatic heterocycles.